The van der Waals surface area contributed by atoms with Crippen LogP contribution in [0.15, 0.2) is 12.2 Å². The van der Waals surface area contributed by atoms with Gasteiger partial charge in [-0.3, -0.25) is 0 Å². The zero-order valence-corrected chi connectivity index (χ0v) is 20.2. The van der Waals surface area contributed by atoms with Crippen molar-refractivity contribution in [2.75, 3.05) is 14.2 Å². The van der Waals surface area contributed by atoms with Gasteiger partial charge in [0, 0.05) is 0 Å². The Morgan fingerprint density at radius 2 is 0.618 bits per heavy atom. The third-order valence-electron chi connectivity index (χ3n) is 1.65. The topological polar surface area (TPSA) is 217 Å². The van der Waals surface area contributed by atoms with Crippen molar-refractivity contribution in [1.29, 1.82) is 0 Å². The third kappa shape index (κ3) is 211. The van der Waals surface area contributed by atoms with Crippen LogP contribution >= 0.6 is 0 Å². The summed E-state index contributed by atoms with van der Waals surface area (Å²) in [4.78, 5) is 0. The molecular formula is C20H16Cr2O12. The summed E-state index contributed by atoms with van der Waals surface area (Å²) in [5, 5.41) is 0. The first-order chi connectivity index (χ1) is 16.7. The van der Waals surface area contributed by atoms with Gasteiger partial charge in [0.1, 0.15) is 0 Å². The van der Waals surface area contributed by atoms with Crippen molar-refractivity contribution < 1.29 is 87.7 Å². The van der Waals surface area contributed by atoms with Gasteiger partial charge in [-0.1, -0.05) is 0 Å². The number of methoxy groups -OCH3 is 2. The molecular weight excluding hydrogens is 536 g/mol. The molecule has 14 heteroatoms. The van der Waals surface area contributed by atoms with E-state index in [9.17, 15) is 0 Å². The summed E-state index contributed by atoms with van der Waals surface area (Å²) in [6.45, 7) is 45.0. The molecule has 0 unspecified atom stereocenters. The van der Waals surface area contributed by atoms with Crippen LogP contribution < -0.4 is 0 Å². The second kappa shape index (κ2) is 196. The van der Waals surface area contributed by atoms with Gasteiger partial charge in [-0.25, -0.2) is 0 Å². The average molecular weight is 552 g/mol. The van der Waals surface area contributed by atoms with E-state index in [0.29, 0.717) is 0 Å². The minimum absolute atomic E-state index is 0.950. The van der Waals surface area contributed by atoms with E-state index in [1.165, 1.54) is 0 Å². The van der Waals surface area contributed by atoms with E-state index in [2.05, 4.69) is 110 Å². The Balaban J connectivity index is -0.0000000246. The Bertz CT molecular complexity index is 467. The Kier molecular flexibility index (Phi) is 401. The first kappa shape index (κ1) is 69.7. The van der Waals surface area contributed by atoms with Gasteiger partial charge in [-0.05, 0) is 0 Å². The molecule has 0 rings (SSSR count). The van der Waals surface area contributed by atoms with E-state index in [1.54, 1.807) is 14.2 Å². The molecule has 0 aliphatic carbocycles. The fraction of sp³-hybridized carbons (Fsp3) is 0.300. The van der Waals surface area contributed by atoms with E-state index in [1.807, 2.05) is 0 Å². The van der Waals surface area contributed by atoms with Crippen LogP contribution in [0.25, 0.3) is 0 Å². The summed E-state index contributed by atoms with van der Waals surface area (Å²) in [6.07, 6.45) is 8.27. The number of ether oxygens (including phenoxy) is 2. The predicted octanol–water partition coefficient (Wildman–Crippen LogP) is 1.37. The molecule has 12 nitrogen and oxygen atoms in total. The van der Waals surface area contributed by atoms with Crippen molar-refractivity contribution in [2.45, 2.75) is 25.7 Å². The zero-order valence-electron chi connectivity index (χ0n) is 17.7. The van der Waals surface area contributed by atoms with E-state index in [-0.39, 0.29) is 0 Å². The van der Waals surface area contributed by atoms with E-state index < -0.39 is 0 Å². The molecule has 0 heterocycles. The van der Waals surface area contributed by atoms with Gasteiger partial charge in [-0.15, -0.1) is 0 Å². The Labute approximate surface area is 215 Å². The maximum absolute atomic E-state index is 7.50. The predicted molar refractivity (Wildman–Crippen MR) is 90.9 cm³/mol. The maximum atomic E-state index is 7.50. The molecule has 0 bridgehead atoms. The molecule has 0 aliphatic rings. The molecule has 0 aromatic carbocycles. The number of rotatable bonds is 8. The van der Waals surface area contributed by atoms with Crippen molar-refractivity contribution in [3.05, 3.63) is 78.7 Å². The van der Waals surface area contributed by atoms with Crippen LogP contribution in [0.3, 0.4) is 0 Å². The molecule has 0 atom stereocenters. The average Bonchev–Trinajstić information content (AvgIpc) is 3.00. The Morgan fingerprint density at radius 1 is 0.471 bits per heavy atom. The summed E-state index contributed by atoms with van der Waals surface area (Å²) >= 11 is 5.75. The first-order valence-electron chi connectivity index (χ1n) is 6.53. The standard InChI is InChI=1S/C10H16O2.10CO.2Cr/c1-11-9-7-5-3-4-6-8-10-12-2;10*1-2;;/h3-4H,5-8H2,1-2H3;;;;;;;;;;;;/b4-3+;;;;;;;;;;;;. The van der Waals surface area contributed by atoms with Gasteiger partial charge in [0.2, 0.25) is 0 Å². The van der Waals surface area contributed by atoms with Gasteiger partial charge in [0.15, 0.2) is 0 Å². The van der Waals surface area contributed by atoms with Crippen LogP contribution in [0.5, 0.6) is 0 Å². The van der Waals surface area contributed by atoms with Crippen LogP contribution in [0.1, 0.15) is 25.7 Å². The third-order valence-corrected chi connectivity index (χ3v) is 2.81. The first-order valence-corrected chi connectivity index (χ1v) is 7.81. The molecule has 0 aromatic rings. The van der Waals surface area contributed by atoms with E-state index in [4.69, 9.17) is 56.0 Å². The summed E-state index contributed by atoms with van der Waals surface area (Å²) in [7, 11) is 3.37. The molecule has 0 aliphatic heterocycles. The monoisotopic (exact) mass is 552 g/mol. The second-order valence-electron chi connectivity index (χ2n) is 2.70. The molecule has 0 saturated heterocycles. The van der Waals surface area contributed by atoms with Gasteiger partial charge in [0.05, 0.1) is 0 Å². The summed E-state index contributed by atoms with van der Waals surface area (Å²) in [6, 6.07) is 0. The molecule has 0 spiro atoms. The number of allylic oxidation sites excluding steroid dienone is 2. The van der Waals surface area contributed by atoms with Gasteiger partial charge in [0.25, 0.3) is 0 Å². The minimum atomic E-state index is 0.950. The Hall–Kier alpha value is -2.14. The fourth-order valence-electron chi connectivity index (χ4n) is 0.842. The second-order valence-corrected chi connectivity index (χ2v) is 4.12. The van der Waals surface area contributed by atoms with Crippen LogP contribution in [0.4, 0.5) is 0 Å². The van der Waals surface area contributed by atoms with Crippen LogP contribution in [-0.4, -0.2) is 23.4 Å². The molecule has 0 saturated carbocycles. The van der Waals surface area contributed by atoms with Crippen molar-refractivity contribution in [3.8, 4) is 0 Å². The van der Waals surface area contributed by atoms with Crippen molar-refractivity contribution in [3.63, 3.8) is 0 Å². The fourth-order valence-corrected chi connectivity index (χ4v) is 1.21. The van der Waals surface area contributed by atoms with Crippen molar-refractivity contribution in [2.24, 2.45) is 0 Å². The van der Waals surface area contributed by atoms with Crippen LogP contribution in [-0.2, 0) is 87.7 Å². The van der Waals surface area contributed by atoms with Gasteiger partial charge >= 0.3 is 215 Å². The number of hydrogen-bond donors (Lipinski definition) is 0. The van der Waals surface area contributed by atoms with Gasteiger partial charge in [-0.2, -0.15) is 0 Å². The normalized spacial score (nSPS) is 5.00. The summed E-state index contributed by atoms with van der Waals surface area (Å²) in [5.74, 6) is 0. The number of hydrogen-bond acceptors (Lipinski definition) is 2. The summed E-state index contributed by atoms with van der Waals surface area (Å²) in [5.41, 5.74) is 0. The molecule has 0 aromatic heterocycles. The molecule has 0 N–H and O–H groups in total. The van der Waals surface area contributed by atoms with Crippen LogP contribution in [0, 0.1) is 66.5 Å². The van der Waals surface area contributed by atoms with E-state index in [0.717, 1.165) is 34.8 Å². The quantitative estimate of drug-likeness (QED) is 0.248. The molecule has 0 amide bonds. The molecule has 180 valence electrons. The van der Waals surface area contributed by atoms with Crippen LogP contribution in [0.2, 0.25) is 0 Å². The SMILES string of the molecule is CO[C](=[Cr])CC/C=C/CC[C](=[Cr])OC.[C-]#[O+].[C-]#[O+].[C-]#[O+].[C-]#[O+].[C-]#[O+].[C-]#[O+].[C-]#[O+].[C-]#[O+].[C-]#[O+].[C-]#[O+]. The van der Waals surface area contributed by atoms with E-state index >= 15 is 0 Å². The molecule has 34 heavy (non-hydrogen) atoms. The zero-order chi connectivity index (χ0) is 30.8. The summed E-state index contributed by atoms with van der Waals surface area (Å²) < 4.78 is 86.9. The van der Waals surface area contributed by atoms with Gasteiger partial charge < -0.3 is 0 Å². The Morgan fingerprint density at radius 3 is 0.735 bits per heavy atom. The molecule has 0 fully saturated rings. The van der Waals surface area contributed by atoms with Crippen molar-refractivity contribution >= 4 is 9.13 Å². The molecule has 0 radical (unpaired) electrons. The van der Waals surface area contributed by atoms with Crippen molar-refractivity contribution in [1.82, 2.24) is 0 Å².